The number of nitrogens with one attached hydrogen (secondary N) is 1. The summed E-state index contributed by atoms with van der Waals surface area (Å²) in [4.78, 5) is -0.106. The number of nitrogens with two attached hydrogens (primary N) is 1. The van der Waals surface area contributed by atoms with Gasteiger partial charge in [-0.1, -0.05) is 13.3 Å². The van der Waals surface area contributed by atoms with Gasteiger partial charge in [-0.05, 0) is 18.6 Å². The van der Waals surface area contributed by atoms with Crippen LogP contribution in [0.1, 0.15) is 37.8 Å². The molecular weight excluding hydrogens is 283 g/mol. The number of benzene rings is 1. The standard InChI is InChI=1S/C13H19FN2O3S/c1-2-3-5-16-20(17,18)9-7-10-12(15)4-6-19-13(10)11(14)8-9/h7-8,12,16H,2-6,15H2,1H3. The fraction of sp³-hybridized carbons (Fsp3) is 0.538. The van der Waals surface area contributed by atoms with Gasteiger partial charge in [0.1, 0.15) is 0 Å². The van der Waals surface area contributed by atoms with Gasteiger partial charge < -0.3 is 10.5 Å². The van der Waals surface area contributed by atoms with Gasteiger partial charge in [-0.2, -0.15) is 0 Å². The number of unbranched alkanes of at least 4 members (excludes halogenated alkanes) is 1. The van der Waals surface area contributed by atoms with Crippen molar-refractivity contribution in [3.8, 4) is 5.75 Å². The molecule has 0 saturated heterocycles. The zero-order valence-corrected chi connectivity index (χ0v) is 12.2. The first-order valence-electron chi connectivity index (χ1n) is 6.67. The fourth-order valence-electron chi connectivity index (χ4n) is 2.08. The molecule has 0 fully saturated rings. The van der Waals surface area contributed by atoms with E-state index in [1.165, 1.54) is 6.07 Å². The van der Waals surface area contributed by atoms with E-state index in [4.69, 9.17) is 10.5 Å². The average Bonchev–Trinajstić information content (AvgIpc) is 2.40. The van der Waals surface area contributed by atoms with E-state index in [9.17, 15) is 12.8 Å². The van der Waals surface area contributed by atoms with Gasteiger partial charge in [-0.25, -0.2) is 17.5 Å². The lowest BCUT2D eigenvalue weighted by Gasteiger charge is -2.24. The first kappa shape index (κ1) is 15.2. The summed E-state index contributed by atoms with van der Waals surface area (Å²) in [5.74, 6) is -0.621. The summed E-state index contributed by atoms with van der Waals surface area (Å²) in [7, 11) is -3.71. The van der Waals surface area contributed by atoms with Crippen LogP contribution in [0.25, 0.3) is 0 Å². The van der Waals surface area contributed by atoms with E-state index in [1.807, 2.05) is 6.92 Å². The van der Waals surface area contributed by atoms with Gasteiger partial charge in [0.05, 0.1) is 11.5 Å². The van der Waals surface area contributed by atoms with E-state index in [0.29, 0.717) is 25.1 Å². The van der Waals surface area contributed by atoms with Crippen molar-refractivity contribution < 1.29 is 17.5 Å². The van der Waals surface area contributed by atoms with Gasteiger partial charge in [0.2, 0.25) is 10.0 Å². The molecule has 0 saturated carbocycles. The van der Waals surface area contributed by atoms with Crippen molar-refractivity contribution >= 4 is 10.0 Å². The predicted octanol–water partition coefficient (Wildman–Crippen LogP) is 1.69. The van der Waals surface area contributed by atoms with Crippen LogP contribution in [0.2, 0.25) is 0 Å². The number of ether oxygens (including phenoxy) is 1. The second-order valence-corrected chi connectivity index (χ2v) is 6.59. The number of hydrogen-bond acceptors (Lipinski definition) is 4. The molecule has 0 spiro atoms. The molecule has 0 amide bonds. The molecule has 0 radical (unpaired) electrons. The summed E-state index contributed by atoms with van der Waals surface area (Å²) in [6, 6.07) is 1.97. The van der Waals surface area contributed by atoms with Crippen LogP contribution >= 0.6 is 0 Å². The van der Waals surface area contributed by atoms with Crippen molar-refractivity contribution in [2.45, 2.75) is 37.1 Å². The van der Waals surface area contributed by atoms with Crippen LogP contribution in [0.4, 0.5) is 4.39 Å². The molecule has 1 aliphatic heterocycles. The summed E-state index contributed by atoms with van der Waals surface area (Å²) in [6.45, 7) is 2.63. The van der Waals surface area contributed by atoms with Crippen LogP contribution in [0.5, 0.6) is 5.75 Å². The lowest BCUT2D eigenvalue weighted by Crippen LogP contribution is -2.26. The molecule has 1 atom stereocenters. The Labute approximate surface area is 118 Å². The van der Waals surface area contributed by atoms with Crippen LogP contribution in [-0.4, -0.2) is 21.6 Å². The van der Waals surface area contributed by atoms with Crippen molar-refractivity contribution in [3.63, 3.8) is 0 Å². The van der Waals surface area contributed by atoms with Crippen LogP contribution in [0, 0.1) is 5.82 Å². The van der Waals surface area contributed by atoms with Gasteiger partial charge in [-0.15, -0.1) is 0 Å². The monoisotopic (exact) mass is 302 g/mol. The van der Waals surface area contributed by atoms with E-state index < -0.39 is 21.9 Å². The highest BCUT2D eigenvalue weighted by Crippen LogP contribution is 2.35. The topological polar surface area (TPSA) is 81.4 Å². The molecule has 7 heteroatoms. The minimum atomic E-state index is -3.71. The SMILES string of the molecule is CCCCNS(=O)(=O)c1cc(F)c2c(c1)C(N)CCO2. The molecule has 112 valence electrons. The van der Waals surface area contributed by atoms with Crippen molar-refractivity contribution in [1.29, 1.82) is 0 Å². The molecule has 3 N–H and O–H groups in total. The fourth-order valence-corrected chi connectivity index (χ4v) is 3.20. The smallest absolute Gasteiger partial charge is 0.240 e. The molecule has 1 aromatic carbocycles. The summed E-state index contributed by atoms with van der Waals surface area (Å²) in [5.41, 5.74) is 6.30. The molecule has 1 aromatic rings. The maximum absolute atomic E-state index is 14.0. The third-order valence-electron chi connectivity index (χ3n) is 3.25. The molecule has 1 unspecified atom stereocenters. The zero-order chi connectivity index (χ0) is 14.8. The van der Waals surface area contributed by atoms with Crippen LogP contribution in [0.3, 0.4) is 0 Å². The second kappa shape index (κ2) is 6.07. The van der Waals surface area contributed by atoms with Crippen molar-refractivity contribution in [3.05, 3.63) is 23.5 Å². The summed E-state index contributed by atoms with van der Waals surface area (Å²) in [6.07, 6.45) is 2.15. The quantitative estimate of drug-likeness (QED) is 0.811. The summed E-state index contributed by atoms with van der Waals surface area (Å²) >= 11 is 0. The Morgan fingerprint density at radius 3 is 2.95 bits per heavy atom. The number of hydrogen-bond donors (Lipinski definition) is 2. The van der Waals surface area contributed by atoms with Gasteiger partial charge in [0.15, 0.2) is 11.6 Å². The van der Waals surface area contributed by atoms with E-state index in [2.05, 4.69) is 4.72 Å². The summed E-state index contributed by atoms with van der Waals surface area (Å²) in [5, 5.41) is 0. The van der Waals surface area contributed by atoms with Gasteiger partial charge in [-0.3, -0.25) is 0 Å². The van der Waals surface area contributed by atoms with Crippen LogP contribution in [-0.2, 0) is 10.0 Å². The maximum atomic E-state index is 14.0. The van der Waals surface area contributed by atoms with Gasteiger partial charge in [0.25, 0.3) is 0 Å². The first-order valence-corrected chi connectivity index (χ1v) is 8.15. The normalized spacial score (nSPS) is 18.4. The van der Waals surface area contributed by atoms with Crippen LogP contribution < -0.4 is 15.2 Å². The molecule has 0 bridgehead atoms. The average molecular weight is 302 g/mol. The van der Waals surface area contributed by atoms with Crippen molar-refractivity contribution in [1.82, 2.24) is 4.72 Å². The highest BCUT2D eigenvalue weighted by atomic mass is 32.2. The number of halogens is 1. The molecule has 2 rings (SSSR count). The van der Waals surface area contributed by atoms with E-state index >= 15 is 0 Å². The molecule has 1 heterocycles. The van der Waals surface area contributed by atoms with Gasteiger partial charge >= 0.3 is 0 Å². The maximum Gasteiger partial charge on any atom is 0.240 e. The minimum absolute atomic E-state index is 0.0660. The lowest BCUT2D eigenvalue weighted by atomic mass is 10.0. The molecule has 1 aliphatic rings. The number of fused-ring (bicyclic) bond motifs is 1. The van der Waals surface area contributed by atoms with Crippen molar-refractivity contribution in [2.75, 3.05) is 13.2 Å². The number of sulfonamides is 1. The molecule has 0 aromatic heterocycles. The first-order chi connectivity index (χ1) is 9.45. The largest absolute Gasteiger partial charge is 0.490 e. The molecule has 20 heavy (non-hydrogen) atoms. The van der Waals surface area contributed by atoms with E-state index in [-0.39, 0.29) is 10.6 Å². The third-order valence-corrected chi connectivity index (χ3v) is 4.69. The Hall–Kier alpha value is -1.18. The Bertz CT molecular complexity index is 590. The van der Waals surface area contributed by atoms with Crippen molar-refractivity contribution in [2.24, 2.45) is 5.73 Å². The minimum Gasteiger partial charge on any atom is -0.490 e. The molecular formula is C13H19FN2O3S. The Balaban J connectivity index is 2.34. The lowest BCUT2D eigenvalue weighted by molar-refractivity contribution is 0.254. The molecule has 5 nitrogen and oxygen atoms in total. The second-order valence-electron chi connectivity index (χ2n) is 4.82. The zero-order valence-electron chi connectivity index (χ0n) is 11.4. The van der Waals surface area contributed by atoms with E-state index in [0.717, 1.165) is 18.9 Å². The highest BCUT2D eigenvalue weighted by Gasteiger charge is 2.25. The summed E-state index contributed by atoms with van der Waals surface area (Å²) < 4.78 is 45.8. The molecule has 0 aliphatic carbocycles. The Morgan fingerprint density at radius 2 is 2.25 bits per heavy atom. The van der Waals surface area contributed by atoms with Crippen LogP contribution in [0.15, 0.2) is 17.0 Å². The van der Waals surface area contributed by atoms with E-state index in [1.54, 1.807) is 0 Å². The Morgan fingerprint density at radius 1 is 1.50 bits per heavy atom. The predicted molar refractivity (Wildman–Crippen MR) is 73.5 cm³/mol. The Kier molecular flexibility index (Phi) is 4.62. The highest BCUT2D eigenvalue weighted by molar-refractivity contribution is 7.89. The third kappa shape index (κ3) is 3.11. The number of rotatable bonds is 5. The van der Waals surface area contributed by atoms with Gasteiger partial charge in [0, 0.05) is 24.6 Å².